The SMILES string of the molecule is CCCC(=O)N1CC(N)CC(CC)C1. The van der Waals surface area contributed by atoms with Crippen LogP contribution in [0, 0.1) is 5.92 Å². The molecule has 2 unspecified atom stereocenters. The van der Waals surface area contributed by atoms with Gasteiger partial charge in [-0.05, 0) is 18.8 Å². The average Bonchev–Trinajstić information content (AvgIpc) is 2.17. The van der Waals surface area contributed by atoms with E-state index in [1.54, 1.807) is 0 Å². The molecule has 3 nitrogen and oxygen atoms in total. The summed E-state index contributed by atoms with van der Waals surface area (Å²) in [7, 11) is 0. The number of rotatable bonds is 3. The van der Waals surface area contributed by atoms with Crippen molar-refractivity contribution >= 4 is 5.91 Å². The first-order valence-electron chi connectivity index (χ1n) is 5.70. The summed E-state index contributed by atoms with van der Waals surface area (Å²) in [4.78, 5) is 13.6. The quantitative estimate of drug-likeness (QED) is 0.744. The minimum Gasteiger partial charge on any atom is -0.341 e. The van der Waals surface area contributed by atoms with Crippen LogP contribution in [0.5, 0.6) is 0 Å². The van der Waals surface area contributed by atoms with Gasteiger partial charge in [-0.1, -0.05) is 20.3 Å². The molecule has 1 fully saturated rings. The van der Waals surface area contributed by atoms with Crippen LogP contribution in [-0.2, 0) is 4.79 Å². The summed E-state index contributed by atoms with van der Waals surface area (Å²) in [6, 6.07) is 0.189. The van der Waals surface area contributed by atoms with Crippen molar-refractivity contribution < 1.29 is 4.79 Å². The molecular weight excluding hydrogens is 176 g/mol. The summed E-state index contributed by atoms with van der Waals surface area (Å²) in [5.74, 6) is 0.889. The second kappa shape index (κ2) is 5.35. The predicted molar refractivity (Wildman–Crippen MR) is 57.9 cm³/mol. The van der Waals surface area contributed by atoms with Gasteiger partial charge in [0, 0.05) is 25.6 Å². The zero-order valence-electron chi connectivity index (χ0n) is 9.33. The molecule has 2 N–H and O–H groups in total. The van der Waals surface area contributed by atoms with Crippen LogP contribution >= 0.6 is 0 Å². The Hall–Kier alpha value is -0.570. The van der Waals surface area contributed by atoms with Crippen LogP contribution in [0.25, 0.3) is 0 Å². The summed E-state index contributed by atoms with van der Waals surface area (Å²) >= 11 is 0. The van der Waals surface area contributed by atoms with Gasteiger partial charge in [-0.15, -0.1) is 0 Å². The first kappa shape index (κ1) is 11.5. The minimum atomic E-state index is 0.189. The zero-order chi connectivity index (χ0) is 10.6. The first-order chi connectivity index (χ1) is 6.67. The monoisotopic (exact) mass is 198 g/mol. The molecule has 1 amide bonds. The Labute approximate surface area is 86.6 Å². The average molecular weight is 198 g/mol. The first-order valence-corrected chi connectivity index (χ1v) is 5.70. The summed E-state index contributed by atoms with van der Waals surface area (Å²) < 4.78 is 0. The molecule has 0 aromatic heterocycles. The van der Waals surface area contributed by atoms with Gasteiger partial charge in [-0.2, -0.15) is 0 Å². The third-order valence-electron chi connectivity index (χ3n) is 2.96. The van der Waals surface area contributed by atoms with E-state index in [1.807, 2.05) is 11.8 Å². The molecule has 0 radical (unpaired) electrons. The fourth-order valence-electron chi connectivity index (χ4n) is 2.12. The van der Waals surface area contributed by atoms with Crippen LogP contribution in [0.1, 0.15) is 39.5 Å². The molecule has 1 aliphatic heterocycles. The van der Waals surface area contributed by atoms with Gasteiger partial charge in [0.1, 0.15) is 0 Å². The standard InChI is InChI=1S/C11H22N2O/c1-3-5-11(14)13-7-9(4-2)6-10(12)8-13/h9-10H,3-8,12H2,1-2H3. The van der Waals surface area contributed by atoms with Crippen LogP contribution in [0.2, 0.25) is 0 Å². The molecule has 0 aliphatic carbocycles. The second-order valence-corrected chi connectivity index (χ2v) is 4.32. The lowest BCUT2D eigenvalue weighted by molar-refractivity contribution is -0.133. The Kier molecular flexibility index (Phi) is 4.39. The van der Waals surface area contributed by atoms with Crippen molar-refractivity contribution in [3.63, 3.8) is 0 Å². The Morgan fingerprint density at radius 3 is 2.71 bits per heavy atom. The fourth-order valence-corrected chi connectivity index (χ4v) is 2.12. The third-order valence-corrected chi connectivity index (χ3v) is 2.96. The number of amides is 1. The summed E-state index contributed by atoms with van der Waals surface area (Å²) in [6.45, 7) is 5.89. The molecular formula is C11H22N2O. The fraction of sp³-hybridized carbons (Fsp3) is 0.909. The third kappa shape index (κ3) is 2.98. The van der Waals surface area contributed by atoms with Crippen molar-refractivity contribution in [2.75, 3.05) is 13.1 Å². The molecule has 1 aliphatic rings. The maximum atomic E-state index is 11.7. The van der Waals surface area contributed by atoms with Crippen LogP contribution in [-0.4, -0.2) is 29.9 Å². The van der Waals surface area contributed by atoms with E-state index in [4.69, 9.17) is 5.73 Å². The van der Waals surface area contributed by atoms with Gasteiger partial charge >= 0.3 is 0 Å². The molecule has 82 valence electrons. The Morgan fingerprint density at radius 2 is 2.14 bits per heavy atom. The van der Waals surface area contributed by atoms with E-state index in [0.29, 0.717) is 12.3 Å². The van der Waals surface area contributed by atoms with Gasteiger partial charge in [0.2, 0.25) is 5.91 Å². The van der Waals surface area contributed by atoms with E-state index in [0.717, 1.165) is 32.4 Å². The van der Waals surface area contributed by atoms with Gasteiger partial charge < -0.3 is 10.6 Å². The van der Waals surface area contributed by atoms with E-state index in [-0.39, 0.29) is 11.9 Å². The van der Waals surface area contributed by atoms with E-state index >= 15 is 0 Å². The van der Waals surface area contributed by atoms with Gasteiger partial charge in [0.15, 0.2) is 0 Å². The number of likely N-dealkylation sites (tertiary alicyclic amines) is 1. The summed E-state index contributed by atoms with van der Waals surface area (Å²) in [5, 5.41) is 0. The van der Waals surface area contributed by atoms with Gasteiger partial charge in [-0.3, -0.25) is 4.79 Å². The van der Waals surface area contributed by atoms with Gasteiger partial charge in [0.05, 0.1) is 0 Å². The van der Waals surface area contributed by atoms with Crippen molar-refractivity contribution in [1.29, 1.82) is 0 Å². The van der Waals surface area contributed by atoms with Crippen molar-refractivity contribution in [3.8, 4) is 0 Å². The van der Waals surface area contributed by atoms with Crippen LogP contribution < -0.4 is 5.73 Å². The predicted octanol–water partition coefficient (Wildman–Crippen LogP) is 1.37. The molecule has 0 spiro atoms. The van der Waals surface area contributed by atoms with E-state index in [1.165, 1.54) is 0 Å². The van der Waals surface area contributed by atoms with Crippen LogP contribution in [0.3, 0.4) is 0 Å². The smallest absolute Gasteiger partial charge is 0.222 e. The van der Waals surface area contributed by atoms with Crippen molar-refractivity contribution in [2.45, 2.75) is 45.6 Å². The van der Waals surface area contributed by atoms with E-state index in [2.05, 4.69) is 6.92 Å². The highest BCUT2D eigenvalue weighted by molar-refractivity contribution is 5.76. The van der Waals surface area contributed by atoms with Crippen molar-refractivity contribution in [3.05, 3.63) is 0 Å². The highest BCUT2D eigenvalue weighted by atomic mass is 16.2. The van der Waals surface area contributed by atoms with Crippen molar-refractivity contribution in [2.24, 2.45) is 11.7 Å². The molecule has 1 heterocycles. The van der Waals surface area contributed by atoms with Crippen LogP contribution in [0.15, 0.2) is 0 Å². The lowest BCUT2D eigenvalue weighted by Crippen LogP contribution is -2.49. The molecule has 0 bridgehead atoms. The van der Waals surface area contributed by atoms with Gasteiger partial charge in [-0.25, -0.2) is 0 Å². The molecule has 0 aromatic rings. The maximum absolute atomic E-state index is 11.7. The Bertz CT molecular complexity index is 194. The molecule has 1 rings (SSSR count). The highest BCUT2D eigenvalue weighted by Gasteiger charge is 2.26. The van der Waals surface area contributed by atoms with Crippen LogP contribution in [0.4, 0.5) is 0 Å². The lowest BCUT2D eigenvalue weighted by Gasteiger charge is -2.36. The summed E-state index contributed by atoms with van der Waals surface area (Å²) in [5.41, 5.74) is 5.93. The zero-order valence-corrected chi connectivity index (χ0v) is 9.33. The molecule has 2 atom stereocenters. The number of hydrogen-bond acceptors (Lipinski definition) is 2. The topological polar surface area (TPSA) is 46.3 Å². The number of piperidine rings is 1. The largest absolute Gasteiger partial charge is 0.341 e. The van der Waals surface area contributed by atoms with E-state index in [9.17, 15) is 4.79 Å². The number of nitrogens with two attached hydrogens (primary N) is 1. The number of carbonyl (C=O) groups is 1. The molecule has 14 heavy (non-hydrogen) atoms. The molecule has 3 heteroatoms. The lowest BCUT2D eigenvalue weighted by atomic mass is 9.92. The second-order valence-electron chi connectivity index (χ2n) is 4.32. The highest BCUT2D eigenvalue weighted by Crippen LogP contribution is 2.19. The van der Waals surface area contributed by atoms with Crippen molar-refractivity contribution in [1.82, 2.24) is 4.90 Å². The Morgan fingerprint density at radius 1 is 1.43 bits per heavy atom. The number of hydrogen-bond donors (Lipinski definition) is 1. The maximum Gasteiger partial charge on any atom is 0.222 e. The molecule has 1 saturated heterocycles. The molecule has 0 aromatic carbocycles. The molecule has 0 saturated carbocycles. The number of nitrogens with zero attached hydrogens (tertiary/aromatic N) is 1. The minimum absolute atomic E-state index is 0.189. The summed E-state index contributed by atoms with van der Waals surface area (Å²) in [6.07, 6.45) is 3.81. The van der Waals surface area contributed by atoms with E-state index < -0.39 is 0 Å². The number of carbonyl (C=O) groups excluding carboxylic acids is 1. The normalized spacial score (nSPS) is 27.8. The van der Waals surface area contributed by atoms with Gasteiger partial charge in [0.25, 0.3) is 0 Å². The Balaban J connectivity index is 2.48.